The van der Waals surface area contributed by atoms with Gasteiger partial charge in [-0.2, -0.15) is 0 Å². The highest BCUT2D eigenvalue weighted by molar-refractivity contribution is 5.37. The van der Waals surface area contributed by atoms with E-state index in [0.717, 1.165) is 12.1 Å². The van der Waals surface area contributed by atoms with E-state index in [0.29, 0.717) is 0 Å². The Morgan fingerprint density at radius 1 is 1.17 bits per heavy atom. The third kappa shape index (κ3) is 2.34. The molecule has 12 heavy (non-hydrogen) atoms. The predicted molar refractivity (Wildman–Crippen MR) is 33.3 cm³/mol. The van der Waals surface area contributed by atoms with E-state index in [-0.39, 0.29) is 0 Å². The summed E-state index contributed by atoms with van der Waals surface area (Å²) in [5.74, 6) is -1.49. The smallest absolute Gasteiger partial charge is 0.402 e. The summed E-state index contributed by atoms with van der Waals surface area (Å²) in [5.41, 5.74) is 0. The van der Waals surface area contributed by atoms with Crippen LogP contribution in [0.2, 0.25) is 0 Å². The molecule has 0 aliphatic heterocycles. The van der Waals surface area contributed by atoms with Crippen molar-refractivity contribution in [3.8, 4) is 11.5 Å². The van der Waals surface area contributed by atoms with Gasteiger partial charge < -0.3 is 4.74 Å². The first-order valence-corrected chi connectivity index (χ1v) is 3.01. The van der Waals surface area contributed by atoms with Crippen molar-refractivity contribution >= 4 is 0 Å². The monoisotopic (exact) mass is 177 g/mol. The molecule has 0 bridgehead atoms. The van der Waals surface area contributed by atoms with Gasteiger partial charge in [0.1, 0.15) is 0 Å². The predicted octanol–water partition coefficient (Wildman–Crippen LogP) is 2.73. The molecule has 0 amide bonds. The molecule has 0 heterocycles. The van der Waals surface area contributed by atoms with Crippen LogP contribution in [-0.4, -0.2) is 6.36 Å². The standard InChI is InChI=1S/C7H4F3O2/c8-7(9,10)12-6-4-2-1-3-5(6)11/h1-4H. The van der Waals surface area contributed by atoms with E-state index in [4.69, 9.17) is 0 Å². The Labute approximate surface area is 66.2 Å². The highest BCUT2D eigenvalue weighted by Crippen LogP contribution is 2.30. The highest BCUT2D eigenvalue weighted by Gasteiger charge is 2.32. The van der Waals surface area contributed by atoms with Gasteiger partial charge in [-0.3, -0.25) is 5.11 Å². The summed E-state index contributed by atoms with van der Waals surface area (Å²) in [6.07, 6.45) is -4.81. The van der Waals surface area contributed by atoms with Crippen molar-refractivity contribution in [2.75, 3.05) is 0 Å². The van der Waals surface area contributed by atoms with Crippen LogP contribution in [0.5, 0.6) is 11.5 Å². The van der Waals surface area contributed by atoms with Gasteiger partial charge in [0.2, 0.25) is 5.75 Å². The summed E-state index contributed by atoms with van der Waals surface area (Å²) in [6.45, 7) is 0. The fraction of sp³-hybridized carbons (Fsp3) is 0.143. The maximum Gasteiger partial charge on any atom is 0.573 e. The fourth-order valence-corrected chi connectivity index (χ4v) is 0.659. The lowest BCUT2D eigenvalue weighted by atomic mass is 10.3. The minimum absolute atomic E-state index is 0.704. The second kappa shape index (κ2) is 2.92. The number of rotatable bonds is 1. The van der Waals surface area contributed by atoms with Crippen molar-refractivity contribution < 1.29 is 23.0 Å². The summed E-state index contributed by atoms with van der Waals surface area (Å²) in [6, 6.07) is 4.60. The second-order valence-electron chi connectivity index (χ2n) is 1.99. The molecule has 1 radical (unpaired) electrons. The van der Waals surface area contributed by atoms with E-state index in [1.54, 1.807) is 0 Å². The van der Waals surface area contributed by atoms with Crippen LogP contribution < -0.4 is 4.74 Å². The van der Waals surface area contributed by atoms with Gasteiger partial charge >= 0.3 is 6.36 Å². The molecule has 0 saturated heterocycles. The molecule has 0 saturated carbocycles. The summed E-state index contributed by atoms with van der Waals surface area (Å²) in [7, 11) is 0. The average Bonchev–Trinajstić information content (AvgIpc) is 1.91. The van der Waals surface area contributed by atoms with E-state index in [1.165, 1.54) is 12.1 Å². The molecule has 0 aliphatic rings. The molecule has 1 aromatic rings. The minimum atomic E-state index is -4.81. The Balaban J connectivity index is 2.83. The van der Waals surface area contributed by atoms with Crippen molar-refractivity contribution in [2.24, 2.45) is 0 Å². The molecule has 0 aromatic heterocycles. The quantitative estimate of drug-likeness (QED) is 0.648. The average molecular weight is 177 g/mol. The molecular formula is C7H4F3O2. The van der Waals surface area contributed by atoms with Crippen LogP contribution in [0.4, 0.5) is 13.2 Å². The summed E-state index contributed by atoms with van der Waals surface area (Å²) in [5, 5.41) is 10.7. The molecule has 0 unspecified atom stereocenters. The van der Waals surface area contributed by atoms with Crippen molar-refractivity contribution in [2.45, 2.75) is 6.36 Å². The van der Waals surface area contributed by atoms with Crippen LogP contribution in [0.15, 0.2) is 24.3 Å². The van der Waals surface area contributed by atoms with Crippen molar-refractivity contribution in [3.63, 3.8) is 0 Å². The second-order valence-corrected chi connectivity index (χ2v) is 1.99. The number of hydrogen-bond acceptors (Lipinski definition) is 1. The number of hydrogen-bond donors (Lipinski definition) is 0. The Kier molecular flexibility index (Phi) is 2.12. The largest absolute Gasteiger partial charge is 0.573 e. The van der Waals surface area contributed by atoms with Gasteiger partial charge in [0.15, 0.2) is 5.75 Å². The number of benzene rings is 1. The Morgan fingerprint density at radius 2 is 1.75 bits per heavy atom. The van der Waals surface area contributed by atoms with Crippen LogP contribution >= 0.6 is 0 Å². The molecule has 0 N–H and O–H groups in total. The Bertz CT molecular complexity index is 270. The van der Waals surface area contributed by atoms with Gasteiger partial charge in [0.05, 0.1) is 0 Å². The third-order valence-corrected chi connectivity index (χ3v) is 1.07. The van der Waals surface area contributed by atoms with Crippen molar-refractivity contribution in [1.82, 2.24) is 0 Å². The van der Waals surface area contributed by atoms with Crippen LogP contribution in [0.25, 0.3) is 0 Å². The van der Waals surface area contributed by atoms with Crippen LogP contribution in [0, 0.1) is 0 Å². The molecule has 2 nitrogen and oxygen atoms in total. The van der Waals surface area contributed by atoms with Crippen LogP contribution in [0.3, 0.4) is 0 Å². The van der Waals surface area contributed by atoms with Gasteiger partial charge in [-0.1, -0.05) is 12.1 Å². The van der Waals surface area contributed by atoms with E-state index >= 15 is 0 Å². The van der Waals surface area contributed by atoms with Gasteiger partial charge in [0, 0.05) is 0 Å². The first kappa shape index (κ1) is 8.70. The maximum atomic E-state index is 11.6. The Morgan fingerprint density at radius 3 is 2.25 bits per heavy atom. The third-order valence-electron chi connectivity index (χ3n) is 1.07. The maximum absolute atomic E-state index is 11.6. The first-order chi connectivity index (χ1) is 5.49. The fourth-order valence-electron chi connectivity index (χ4n) is 0.659. The summed E-state index contributed by atoms with van der Waals surface area (Å²) < 4.78 is 38.1. The first-order valence-electron chi connectivity index (χ1n) is 3.01. The van der Waals surface area contributed by atoms with Gasteiger partial charge in [-0.15, -0.1) is 13.2 Å². The number of para-hydroxylation sites is 2. The van der Waals surface area contributed by atoms with Crippen LogP contribution in [-0.2, 0) is 5.11 Å². The summed E-state index contributed by atoms with van der Waals surface area (Å²) in [4.78, 5) is 0. The molecule has 0 fully saturated rings. The lowest BCUT2D eigenvalue weighted by Crippen LogP contribution is -2.16. The zero-order valence-electron chi connectivity index (χ0n) is 5.76. The molecule has 0 atom stereocenters. The molecule has 0 spiro atoms. The van der Waals surface area contributed by atoms with Gasteiger partial charge in [-0.25, -0.2) is 0 Å². The molecule has 1 aromatic carbocycles. The molecule has 5 heteroatoms. The van der Waals surface area contributed by atoms with E-state index in [9.17, 15) is 18.3 Å². The Hall–Kier alpha value is -1.39. The highest BCUT2D eigenvalue weighted by atomic mass is 19.4. The number of halogens is 3. The number of alkyl halides is 3. The lowest BCUT2D eigenvalue weighted by Gasteiger charge is -2.07. The molecular weight excluding hydrogens is 173 g/mol. The molecule has 65 valence electrons. The SMILES string of the molecule is [O]c1ccccc1OC(F)(F)F. The van der Waals surface area contributed by atoms with E-state index in [1.807, 2.05) is 0 Å². The zero-order valence-corrected chi connectivity index (χ0v) is 5.76. The lowest BCUT2D eigenvalue weighted by molar-refractivity contribution is -0.275. The van der Waals surface area contributed by atoms with Crippen molar-refractivity contribution in [3.05, 3.63) is 24.3 Å². The summed E-state index contributed by atoms with van der Waals surface area (Å²) >= 11 is 0. The molecule has 1 rings (SSSR count). The van der Waals surface area contributed by atoms with Crippen molar-refractivity contribution in [1.29, 1.82) is 0 Å². The van der Waals surface area contributed by atoms with Gasteiger partial charge in [-0.05, 0) is 12.1 Å². The minimum Gasteiger partial charge on any atom is -0.402 e. The molecule has 0 aliphatic carbocycles. The van der Waals surface area contributed by atoms with E-state index in [2.05, 4.69) is 4.74 Å². The zero-order chi connectivity index (χ0) is 9.19. The van der Waals surface area contributed by atoms with E-state index < -0.39 is 17.9 Å². The topological polar surface area (TPSA) is 29.1 Å². The van der Waals surface area contributed by atoms with Gasteiger partial charge in [0.25, 0.3) is 0 Å². The van der Waals surface area contributed by atoms with Crippen LogP contribution in [0.1, 0.15) is 0 Å². The normalized spacial score (nSPS) is 11.2. The number of ether oxygens (including phenoxy) is 1.